The Balaban J connectivity index is 2.31. The van der Waals surface area contributed by atoms with Crippen LogP contribution >= 0.6 is 18.1 Å². The Morgan fingerprint density at radius 1 is 1.31 bits per heavy atom. The Kier molecular flexibility index (Phi) is 5.71. The maximum atomic E-state index is 11.8. The van der Waals surface area contributed by atoms with Gasteiger partial charge >= 0.3 is 6.87 Å². The van der Waals surface area contributed by atoms with E-state index in [0.717, 1.165) is 26.2 Å². The molecule has 0 aromatic heterocycles. The summed E-state index contributed by atoms with van der Waals surface area (Å²) >= 11 is 5.81. The monoisotopic (exact) mass is 269 g/mol. The summed E-state index contributed by atoms with van der Waals surface area (Å²) in [6.07, 6.45) is 0. The van der Waals surface area contributed by atoms with Gasteiger partial charge in [-0.3, -0.25) is 9.46 Å². The highest BCUT2D eigenvalue weighted by Gasteiger charge is 2.31. The smallest absolute Gasteiger partial charge is 0.309 e. The van der Waals surface area contributed by atoms with Gasteiger partial charge in [-0.2, -0.15) is 0 Å². The molecule has 5 nitrogen and oxygen atoms in total. The van der Waals surface area contributed by atoms with E-state index < -0.39 is 6.87 Å². The van der Waals surface area contributed by atoms with E-state index in [4.69, 9.17) is 15.8 Å². The fourth-order valence-electron chi connectivity index (χ4n) is 1.66. The third-order valence-electron chi connectivity index (χ3n) is 2.78. The number of likely N-dealkylation sites (N-methyl/N-ethyl adjacent to an activating group) is 1. The summed E-state index contributed by atoms with van der Waals surface area (Å²) in [5, 5.41) is 0. The Hall–Kier alpha value is 0.360. The van der Waals surface area contributed by atoms with Crippen molar-refractivity contribution in [2.75, 3.05) is 60.5 Å². The Labute approximate surface area is 103 Å². The lowest BCUT2D eigenvalue weighted by Gasteiger charge is -2.35. The van der Waals surface area contributed by atoms with Gasteiger partial charge in [0, 0.05) is 46.4 Å². The lowest BCUT2D eigenvalue weighted by atomic mass is 10.3. The number of hydrogen-bond acceptors (Lipinski definition) is 4. The Morgan fingerprint density at radius 2 is 1.88 bits per heavy atom. The molecule has 0 N–H and O–H groups in total. The normalized spacial score (nSPS) is 23.6. The summed E-state index contributed by atoms with van der Waals surface area (Å²) in [7, 11) is 5.52. The van der Waals surface area contributed by atoms with Gasteiger partial charge in [-0.05, 0) is 25.3 Å². The number of nitrogens with zero attached hydrogens (tertiary/aromatic N) is 3. The molecule has 0 amide bonds. The van der Waals surface area contributed by atoms with Crippen LogP contribution in [0.3, 0.4) is 0 Å². The van der Waals surface area contributed by atoms with Crippen LogP contribution in [-0.2, 0) is 9.09 Å². The summed E-state index contributed by atoms with van der Waals surface area (Å²) < 4.78 is 18.3. The first-order valence-corrected chi connectivity index (χ1v) is 7.92. The molecule has 1 aliphatic heterocycles. The van der Waals surface area contributed by atoms with Crippen LogP contribution < -0.4 is 0 Å². The fourth-order valence-corrected chi connectivity index (χ4v) is 3.00. The van der Waals surface area contributed by atoms with E-state index in [-0.39, 0.29) is 0 Å². The van der Waals surface area contributed by atoms with Crippen molar-refractivity contribution in [1.29, 1.82) is 0 Å². The Bertz CT molecular complexity index is 257. The molecular weight excluding hydrogens is 249 g/mol. The van der Waals surface area contributed by atoms with Crippen molar-refractivity contribution in [2.45, 2.75) is 0 Å². The van der Waals surface area contributed by atoms with Crippen LogP contribution in [-0.4, -0.2) is 74.9 Å². The zero-order valence-corrected chi connectivity index (χ0v) is 11.9. The molecule has 0 bridgehead atoms. The highest BCUT2D eigenvalue weighted by Crippen LogP contribution is 2.55. The average molecular weight is 270 g/mol. The van der Waals surface area contributed by atoms with Crippen molar-refractivity contribution in [3.63, 3.8) is 0 Å². The van der Waals surface area contributed by atoms with Crippen molar-refractivity contribution in [2.24, 2.45) is 0 Å². The van der Waals surface area contributed by atoms with E-state index >= 15 is 0 Å². The molecule has 1 atom stereocenters. The maximum Gasteiger partial charge on any atom is 0.362 e. The summed E-state index contributed by atoms with van der Waals surface area (Å²) in [6, 6.07) is 0. The standard InChI is InChI=1S/C9H21ClN3O2P/c1-11(2)4-5-12-6-8-13(9-7-12)16(10,14)15-3/h4-9H2,1-3H3. The molecule has 0 aliphatic carbocycles. The summed E-state index contributed by atoms with van der Waals surface area (Å²) in [6.45, 7) is 2.26. The van der Waals surface area contributed by atoms with Gasteiger partial charge in [-0.25, -0.2) is 4.67 Å². The quantitative estimate of drug-likeness (QED) is 0.700. The van der Waals surface area contributed by atoms with Gasteiger partial charge in [-0.15, -0.1) is 0 Å². The van der Waals surface area contributed by atoms with Gasteiger partial charge < -0.3 is 9.42 Å². The van der Waals surface area contributed by atoms with E-state index in [2.05, 4.69) is 23.9 Å². The summed E-state index contributed by atoms with van der Waals surface area (Å²) in [4.78, 5) is 4.51. The molecule has 0 aromatic carbocycles. The summed E-state index contributed by atoms with van der Waals surface area (Å²) in [5.41, 5.74) is 0. The predicted octanol–water partition coefficient (Wildman–Crippen LogP) is 1.16. The Morgan fingerprint density at radius 3 is 2.31 bits per heavy atom. The lowest BCUT2D eigenvalue weighted by molar-refractivity contribution is 0.165. The molecule has 1 fully saturated rings. The maximum absolute atomic E-state index is 11.8. The molecule has 0 aromatic rings. The van der Waals surface area contributed by atoms with Crippen LogP contribution in [0, 0.1) is 0 Å². The van der Waals surface area contributed by atoms with E-state index in [1.54, 1.807) is 4.67 Å². The lowest BCUT2D eigenvalue weighted by Crippen LogP contribution is -2.46. The van der Waals surface area contributed by atoms with Crippen LogP contribution in [0.25, 0.3) is 0 Å². The zero-order valence-electron chi connectivity index (χ0n) is 10.2. The van der Waals surface area contributed by atoms with Crippen LogP contribution in [0.4, 0.5) is 0 Å². The minimum Gasteiger partial charge on any atom is -0.309 e. The first kappa shape index (κ1) is 14.4. The highest BCUT2D eigenvalue weighted by molar-refractivity contribution is 7.83. The molecule has 1 saturated heterocycles. The van der Waals surface area contributed by atoms with Gasteiger partial charge in [0.25, 0.3) is 0 Å². The highest BCUT2D eigenvalue weighted by atomic mass is 35.7. The van der Waals surface area contributed by atoms with Gasteiger partial charge in [0.15, 0.2) is 0 Å². The summed E-state index contributed by atoms with van der Waals surface area (Å²) in [5.74, 6) is 0. The van der Waals surface area contributed by atoms with Gasteiger partial charge in [0.2, 0.25) is 0 Å². The zero-order chi connectivity index (χ0) is 12.2. The fraction of sp³-hybridized carbons (Fsp3) is 1.00. The van der Waals surface area contributed by atoms with Crippen LogP contribution in [0.15, 0.2) is 0 Å². The molecule has 96 valence electrons. The topological polar surface area (TPSA) is 36.0 Å². The number of piperazine rings is 1. The molecule has 1 unspecified atom stereocenters. The number of rotatable bonds is 5. The van der Waals surface area contributed by atoms with Crippen molar-refractivity contribution in [3.8, 4) is 0 Å². The third kappa shape index (κ3) is 4.32. The van der Waals surface area contributed by atoms with Crippen molar-refractivity contribution in [1.82, 2.24) is 14.5 Å². The first-order valence-electron chi connectivity index (χ1n) is 5.43. The minimum absolute atomic E-state index is 0.710. The molecule has 0 spiro atoms. The molecule has 1 rings (SSSR count). The molecule has 7 heteroatoms. The van der Waals surface area contributed by atoms with E-state index in [1.165, 1.54) is 7.11 Å². The van der Waals surface area contributed by atoms with Crippen molar-refractivity contribution in [3.05, 3.63) is 0 Å². The molecular formula is C9H21ClN3O2P. The molecule has 0 saturated carbocycles. The number of hydrogen-bond donors (Lipinski definition) is 0. The molecule has 1 heterocycles. The van der Waals surface area contributed by atoms with E-state index in [0.29, 0.717) is 13.1 Å². The van der Waals surface area contributed by atoms with Crippen LogP contribution in [0.5, 0.6) is 0 Å². The van der Waals surface area contributed by atoms with Gasteiger partial charge in [-0.1, -0.05) is 0 Å². The van der Waals surface area contributed by atoms with Crippen molar-refractivity contribution < 1.29 is 9.09 Å². The second-order valence-electron chi connectivity index (χ2n) is 4.23. The largest absolute Gasteiger partial charge is 0.362 e. The first-order chi connectivity index (χ1) is 7.45. The van der Waals surface area contributed by atoms with E-state index in [1.807, 2.05) is 0 Å². The number of halogens is 1. The third-order valence-corrected chi connectivity index (χ3v) is 5.36. The van der Waals surface area contributed by atoms with Crippen molar-refractivity contribution >= 4 is 18.1 Å². The van der Waals surface area contributed by atoms with Crippen LogP contribution in [0.2, 0.25) is 0 Å². The van der Waals surface area contributed by atoms with Crippen LogP contribution in [0.1, 0.15) is 0 Å². The molecule has 0 radical (unpaired) electrons. The molecule has 16 heavy (non-hydrogen) atoms. The van der Waals surface area contributed by atoms with Gasteiger partial charge in [0.05, 0.1) is 0 Å². The second kappa shape index (κ2) is 6.34. The van der Waals surface area contributed by atoms with E-state index in [9.17, 15) is 4.57 Å². The van der Waals surface area contributed by atoms with Gasteiger partial charge in [0.1, 0.15) is 0 Å². The predicted molar refractivity (Wildman–Crippen MR) is 67.0 cm³/mol. The second-order valence-corrected chi connectivity index (χ2v) is 7.35. The minimum atomic E-state index is -3.04. The SMILES string of the molecule is COP(=O)(Cl)N1CCN(CCN(C)C)CC1. The average Bonchev–Trinajstić information content (AvgIpc) is 2.27. The molecule has 1 aliphatic rings.